The van der Waals surface area contributed by atoms with Crippen LogP contribution in [-0.4, -0.2) is 21.9 Å². The first-order chi connectivity index (χ1) is 9.93. The van der Waals surface area contributed by atoms with E-state index >= 15 is 0 Å². The van der Waals surface area contributed by atoms with Crippen LogP contribution in [0.3, 0.4) is 0 Å². The molecule has 0 atom stereocenters. The van der Waals surface area contributed by atoms with Crippen LogP contribution in [0.2, 0.25) is 0 Å². The van der Waals surface area contributed by atoms with Crippen molar-refractivity contribution in [3.05, 3.63) is 45.5 Å². The lowest BCUT2D eigenvalue weighted by Crippen LogP contribution is -2.01. The minimum absolute atomic E-state index is 0.123. The number of rotatable bonds is 4. The zero-order valence-corrected chi connectivity index (χ0v) is 11.7. The van der Waals surface area contributed by atoms with Crippen molar-refractivity contribution in [3.8, 4) is 11.6 Å². The quantitative estimate of drug-likeness (QED) is 0.688. The highest BCUT2D eigenvalue weighted by Gasteiger charge is 2.18. The highest BCUT2D eigenvalue weighted by Crippen LogP contribution is 2.31. The monoisotopic (exact) mass is 292 g/mol. The van der Waals surface area contributed by atoms with Gasteiger partial charge in [0.1, 0.15) is 12.1 Å². The number of aromatic nitrogens is 2. The number of ether oxygens (including phenoxy) is 1. The molecule has 0 saturated heterocycles. The summed E-state index contributed by atoms with van der Waals surface area (Å²) in [6.45, 7) is 3.23. The van der Waals surface area contributed by atoms with Crippen molar-refractivity contribution in [2.75, 3.05) is 12.4 Å². The SMILES string of the molecule is CNc1ncnc(Oc2cc(C)c([N+](=O)[O-])cc2F)c1C. The molecule has 0 radical (unpaired) electrons. The normalized spacial score (nSPS) is 10.3. The largest absolute Gasteiger partial charge is 0.435 e. The Hall–Kier alpha value is -2.77. The molecule has 2 rings (SSSR count). The topological polar surface area (TPSA) is 90.2 Å². The van der Waals surface area contributed by atoms with E-state index < -0.39 is 10.7 Å². The molecule has 1 aromatic carbocycles. The van der Waals surface area contributed by atoms with Crippen molar-refractivity contribution >= 4 is 11.5 Å². The molecule has 1 aromatic heterocycles. The molecule has 1 heterocycles. The summed E-state index contributed by atoms with van der Waals surface area (Å²) < 4.78 is 19.3. The van der Waals surface area contributed by atoms with Gasteiger partial charge in [0, 0.05) is 12.6 Å². The van der Waals surface area contributed by atoms with Gasteiger partial charge in [0.05, 0.1) is 16.6 Å². The first kappa shape index (κ1) is 14.6. The summed E-state index contributed by atoms with van der Waals surface area (Å²) in [6, 6.07) is 2.11. The summed E-state index contributed by atoms with van der Waals surface area (Å²) in [7, 11) is 1.69. The van der Waals surface area contributed by atoms with Gasteiger partial charge >= 0.3 is 0 Å². The van der Waals surface area contributed by atoms with Gasteiger partial charge in [-0.1, -0.05) is 0 Å². The van der Waals surface area contributed by atoms with Crippen molar-refractivity contribution in [3.63, 3.8) is 0 Å². The van der Waals surface area contributed by atoms with E-state index in [4.69, 9.17) is 4.74 Å². The Morgan fingerprint density at radius 3 is 2.67 bits per heavy atom. The number of nitrogens with one attached hydrogen (secondary N) is 1. The minimum atomic E-state index is -0.823. The number of nitro benzene ring substituents is 1. The number of nitrogens with zero attached hydrogens (tertiary/aromatic N) is 3. The van der Waals surface area contributed by atoms with Gasteiger partial charge < -0.3 is 10.1 Å². The smallest absolute Gasteiger partial charge is 0.275 e. The predicted molar refractivity (Wildman–Crippen MR) is 74.2 cm³/mol. The molecule has 0 aliphatic heterocycles. The standard InChI is InChI=1S/C13H13FN4O3/c1-7-4-11(9(14)5-10(7)18(19)20)21-13-8(2)12(15-3)16-6-17-13/h4-6H,1-3H3,(H,15,16,17). The van der Waals surface area contributed by atoms with E-state index in [1.165, 1.54) is 19.3 Å². The van der Waals surface area contributed by atoms with Gasteiger partial charge in [-0.3, -0.25) is 10.1 Å². The number of hydrogen-bond donors (Lipinski definition) is 1. The van der Waals surface area contributed by atoms with E-state index in [2.05, 4.69) is 15.3 Å². The van der Waals surface area contributed by atoms with Crippen molar-refractivity contribution < 1.29 is 14.1 Å². The Kier molecular flexibility index (Phi) is 3.97. The van der Waals surface area contributed by atoms with Gasteiger partial charge in [-0.2, -0.15) is 0 Å². The second-order valence-electron chi connectivity index (χ2n) is 4.33. The van der Waals surface area contributed by atoms with Gasteiger partial charge in [0.15, 0.2) is 11.6 Å². The second-order valence-corrected chi connectivity index (χ2v) is 4.33. The molecular formula is C13H13FN4O3. The molecular weight excluding hydrogens is 279 g/mol. The average molecular weight is 292 g/mol. The van der Waals surface area contributed by atoms with E-state index in [1.54, 1.807) is 14.0 Å². The Balaban J connectivity index is 2.41. The van der Waals surface area contributed by atoms with Crippen LogP contribution < -0.4 is 10.1 Å². The maximum Gasteiger partial charge on any atom is 0.275 e. The molecule has 1 N–H and O–H groups in total. The van der Waals surface area contributed by atoms with E-state index in [1.807, 2.05) is 0 Å². The van der Waals surface area contributed by atoms with Crippen LogP contribution in [-0.2, 0) is 0 Å². The van der Waals surface area contributed by atoms with E-state index in [-0.39, 0.29) is 17.3 Å². The van der Waals surface area contributed by atoms with Crippen molar-refractivity contribution in [2.45, 2.75) is 13.8 Å². The van der Waals surface area contributed by atoms with Crippen LogP contribution in [0.25, 0.3) is 0 Å². The molecule has 110 valence electrons. The molecule has 0 bridgehead atoms. The van der Waals surface area contributed by atoms with Crippen molar-refractivity contribution in [1.82, 2.24) is 9.97 Å². The Morgan fingerprint density at radius 2 is 2.05 bits per heavy atom. The molecule has 8 heteroatoms. The zero-order chi connectivity index (χ0) is 15.6. The predicted octanol–water partition coefficient (Wildman–Crippen LogP) is 2.97. The third-order valence-electron chi connectivity index (χ3n) is 2.93. The summed E-state index contributed by atoms with van der Waals surface area (Å²) in [5, 5.41) is 13.6. The van der Waals surface area contributed by atoms with Gasteiger partial charge in [-0.15, -0.1) is 0 Å². The molecule has 0 saturated carbocycles. The van der Waals surface area contributed by atoms with Crippen LogP contribution in [0, 0.1) is 29.8 Å². The first-order valence-corrected chi connectivity index (χ1v) is 6.05. The second kappa shape index (κ2) is 5.70. The van der Waals surface area contributed by atoms with Gasteiger partial charge in [-0.25, -0.2) is 14.4 Å². The molecule has 2 aromatic rings. The summed E-state index contributed by atoms with van der Waals surface area (Å²) >= 11 is 0. The third-order valence-corrected chi connectivity index (χ3v) is 2.93. The number of anilines is 1. The van der Waals surface area contributed by atoms with Crippen LogP contribution in [0.1, 0.15) is 11.1 Å². The molecule has 0 fully saturated rings. The lowest BCUT2D eigenvalue weighted by atomic mass is 10.2. The molecule has 0 amide bonds. The number of hydrogen-bond acceptors (Lipinski definition) is 6. The van der Waals surface area contributed by atoms with Crippen LogP contribution in [0.5, 0.6) is 11.6 Å². The molecule has 0 spiro atoms. The van der Waals surface area contributed by atoms with E-state index in [9.17, 15) is 14.5 Å². The number of nitro groups is 1. The van der Waals surface area contributed by atoms with Crippen molar-refractivity contribution in [2.24, 2.45) is 0 Å². The fraction of sp³-hybridized carbons (Fsp3) is 0.231. The summed E-state index contributed by atoms with van der Waals surface area (Å²) in [6.07, 6.45) is 1.28. The highest BCUT2D eigenvalue weighted by molar-refractivity contribution is 5.50. The van der Waals surface area contributed by atoms with Gasteiger partial charge in [0.2, 0.25) is 5.88 Å². The maximum absolute atomic E-state index is 13.9. The molecule has 0 unspecified atom stereocenters. The Labute approximate surface area is 120 Å². The average Bonchev–Trinajstić information content (AvgIpc) is 2.44. The lowest BCUT2D eigenvalue weighted by molar-refractivity contribution is -0.385. The third kappa shape index (κ3) is 2.88. The van der Waals surface area contributed by atoms with Gasteiger partial charge in [-0.05, 0) is 19.9 Å². The number of benzene rings is 1. The minimum Gasteiger partial charge on any atom is -0.435 e. The molecule has 0 aliphatic carbocycles. The number of aryl methyl sites for hydroxylation is 1. The molecule has 7 nitrogen and oxygen atoms in total. The highest BCUT2D eigenvalue weighted by atomic mass is 19.1. The van der Waals surface area contributed by atoms with Crippen LogP contribution >= 0.6 is 0 Å². The molecule has 21 heavy (non-hydrogen) atoms. The fourth-order valence-electron chi connectivity index (χ4n) is 1.81. The van der Waals surface area contributed by atoms with E-state index in [0.29, 0.717) is 16.9 Å². The van der Waals surface area contributed by atoms with Crippen LogP contribution in [0.4, 0.5) is 15.9 Å². The Bertz CT molecular complexity index is 706. The zero-order valence-electron chi connectivity index (χ0n) is 11.7. The van der Waals surface area contributed by atoms with Crippen LogP contribution in [0.15, 0.2) is 18.5 Å². The van der Waals surface area contributed by atoms with Gasteiger partial charge in [0.25, 0.3) is 5.69 Å². The molecule has 0 aliphatic rings. The van der Waals surface area contributed by atoms with Crippen molar-refractivity contribution in [1.29, 1.82) is 0 Å². The number of halogens is 1. The lowest BCUT2D eigenvalue weighted by Gasteiger charge is -2.11. The summed E-state index contributed by atoms with van der Waals surface area (Å²) in [5.74, 6) is -0.209. The first-order valence-electron chi connectivity index (χ1n) is 6.05. The summed E-state index contributed by atoms with van der Waals surface area (Å²) in [5.41, 5.74) is 0.613. The fourth-order valence-corrected chi connectivity index (χ4v) is 1.81. The van der Waals surface area contributed by atoms with E-state index in [0.717, 1.165) is 6.07 Å². The Morgan fingerprint density at radius 1 is 1.33 bits per heavy atom. The maximum atomic E-state index is 13.9. The summed E-state index contributed by atoms with van der Waals surface area (Å²) in [4.78, 5) is 18.0.